The van der Waals surface area contributed by atoms with Gasteiger partial charge in [0.05, 0.1) is 6.10 Å². The molecule has 1 atom stereocenters. The van der Waals surface area contributed by atoms with E-state index in [-0.39, 0.29) is 12.1 Å². The molecule has 0 N–H and O–H groups in total. The molecule has 0 aliphatic heterocycles. The molecular formula is C20H34O3. The van der Waals surface area contributed by atoms with Crippen LogP contribution in [0.2, 0.25) is 0 Å². The lowest BCUT2D eigenvalue weighted by Crippen LogP contribution is -2.14. The fraction of sp³-hybridized carbons (Fsp3) is 0.750. The predicted octanol–water partition coefficient (Wildman–Crippen LogP) is 6.44. The molecule has 0 aliphatic carbocycles. The number of carbonyl (C=O) groups excluding carboxylic acids is 1. The minimum atomic E-state index is -0.349. The molecule has 1 rings (SSSR count). The minimum Gasteiger partial charge on any atom is -0.457 e. The van der Waals surface area contributed by atoms with Crippen molar-refractivity contribution in [3.63, 3.8) is 0 Å². The van der Waals surface area contributed by atoms with Crippen LogP contribution in [-0.4, -0.2) is 12.1 Å². The van der Waals surface area contributed by atoms with Gasteiger partial charge in [-0.1, -0.05) is 64.7 Å². The summed E-state index contributed by atoms with van der Waals surface area (Å²) in [6.45, 7) is 6.04. The second-order valence-electron chi connectivity index (χ2n) is 6.60. The number of aryl methyl sites for hydroxylation is 1. The smallest absolute Gasteiger partial charge is 0.374 e. The lowest BCUT2D eigenvalue weighted by atomic mass is 10.0. The Morgan fingerprint density at radius 2 is 1.57 bits per heavy atom. The van der Waals surface area contributed by atoms with Gasteiger partial charge in [-0.3, -0.25) is 0 Å². The van der Waals surface area contributed by atoms with Gasteiger partial charge in [-0.05, 0) is 38.8 Å². The number of carbonyl (C=O) groups is 1. The zero-order valence-corrected chi connectivity index (χ0v) is 15.2. The van der Waals surface area contributed by atoms with Gasteiger partial charge in [0.25, 0.3) is 0 Å². The average Bonchev–Trinajstić information content (AvgIpc) is 2.96. The van der Waals surface area contributed by atoms with E-state index in [9.17, 15) is 4.79 Å². The second-order valence-corrected chi connectivity index (χ2v) is 6.60. The highest BCUT2D eigenvalue weighted by Gasteiger charge is 2.14. The van der Waals surface area contributed by atoms with Crippen molar-refractivity contribution in [2.24, 2.45) is 0 Å². The van der Waals surface area contributed by atoms with Crippen molar-refractivity contribution in [1.82, 2.24) is 0 Å². The fourth-order valence-corrected chi connectivity index (χ4v) is 2.76. The normalized spacial score (nSPS) is 12.3. The first-order chi connectivity index (χ1) is 11.1. The first-order valence-electron chi connectivity index (χ1n) is 9.41. The topological polar surface area (TPSA) is 39.4 Å². The van der Waals surface area contributed by atoms with E-state index in [1.807, 2.05) is 13.8 Å². The number of hydrogen-bond donors (Lipinski definition) is 0. The molecule has 0 aliphatic rings. The zero-order chi connectivity index (χ0) is 16.9. The molecule has 1 unspecified atom stereocenters. The molecule has 0 aromatic carbocycles. The molecule has 0 radical (unpaired) electrons. The highest BCUT2D eigenvalue weighted by atomic mass is 16.6. The van der Waals surface area contributed by atoms with Crippen molar-refractivity contribution in [2.75, 3.05) is 0 Å². The van der Waals surface area contributed by atoms with Crippen LogP contribution in [0.15, 0.2) is 16.5 Å². The largest absolute Gasteiger partial charge is 0.457 e. The molecule has 0 spiro atoms. The van der Waals surface area contributed by atoms with E-state index in [0.29, 0.717) is 5.76 Å². The zero-order valence-electron chi connectivity index (χ0n) is 15.2. The van der Waals surface area contributed by atoms with Gasteiger partial charge in [0.2, 0.25) is 5.76 Å². The van der Waals surface area contributed by atoms with Gasteiger partial charge >= 0.3 is 5.97 Å². The monoisotopic (exact) mass is 322 g/mol. The van der Waals surface area contributed by atoms with Crippen LogP contribution in [-0.2, 0) is 4.74 Å². The summed E-state index contributed by atoms with van der Waals surface area (Å²) in [6.07, 6.45) is 14.1. The van der Waals surface area contributed by atoms with Gasteiger partial charge in [-0.25, -0.2) is 4.79 Å². The summed E-state index contributed by atoms with van der Waals surface area (Å²) >= 11 is 0. The van der Waals surface area contributed by atoms with E-state index in [1.165, 1.54) is 57.8 Å². The summed E-state index contributed by atoms with van der Waals surface area (Å²) in [5, 5.41) is 0. The number of esters is 1. The van der Waals surface area contributed by atoms with Gasteiger partial charge in [0.15, 0.2) is 0 Å². The van der Waals surface area contributed by atoms with Crippen LogP contribution in [0.3, 0.4) is 0 Å². The number of rotatable bonds is 13. The lowest BCUT2D eigenvalue weighted by Gasteiger charge is -2.12. The van der Waals surface area contributed by atoms with Gasteiger partial charge < -0.3 is 9.15 Å². The summed E-state index contributed by atoms with van der Waals surface area (Å²) in [5.74, 6) is 0.689. The molecule has 0 saturated carbocycles. The Morgan fingerprint density at radius 1 is 1.00 bits per heavy atom. The SMILES string of the molecule is CCCCCCCCCCCCC(C)OC(=O)c1ccc(C)o1. The van der Waals surface area contributed by atoms with Crippen LogP contribution in [0.25, 0.3) is 0 Å². The molecule has 1 heterocycles. The third-order valence-corrected chi connectivity index (χ3v) is 4.21. The Labute approximate surface area is 141 Å². The van der Waals surface area contributed by atoms with Gasteiger partial charge in [0, 0.05) is 0 Å². The Balaban J connectivity index is 1.96. The van der Waals surface area contributed by atoms with E-state index in [4.69, 9.17) is 9.15 Å². The van der Waals surface area contributed by atoms with Crippen LogP contribution in [0.4, 0.5) is 0 Å². The molecule has 0 saturated heterocycles. The van der Waals surface area contributed by atoms with Gasteiger partial charge in [-0.2, -0.15) is 0 Å². The molecule has 3 heteroatoms. The van der Waals surface area contributed by atoms with Crippen molar-refractivity contribution in [2.45, 2.75) is 97.5 Å². The van der Waals surface area contributed by atoms with Crippen molar-refractivity contribution >= 4 is 5.97 Å². The summed E-state index contributed by atoms with van der Waals surface area (Å²) in [5.41, 5.74) is 0. The number of hydrogen-bond acceptors (Lipinski definition) is 3. The van der Waals surface area contributed by atoms with Crippen LogP contribution in [0.5, 0.6) is 0 Å². The van der Waals surface area contributed by atoms with Gasteiger partial charge in [0.1, 0.15) is 5.76 Å². The van der Waals surface area contributed by atoms with E-state index >= 15 is 0 Å². The molecule has 1 aromatic rings. The third kappa shape index (κ3) is 9.47. The molecule has 1 aromatic heterocycles. The molecular weight excluding hydrogens is 288 g/mol. The van der Waals surface area contributed by atoms with E-state index in [2.05, 4.69) is 6.92 Å². The maximum absolute atomic E-state index is 11.8. The van der Waals surface area contributed by atoms with Crippen LogP contribution < -0.4 is 0 Å². The van der Waals surface area contributed by atoms with E-state index in [1.54, 1.807) is 12.1 Å². The highest BCUT2D eigenvalue weighted by Crippen LogP contribution is 2.14. The molecule has 0 bridgehead atoms. The summed E-state index contributed by atoms with van der Waals surface area (Å²) in [7, 11) is 0. The van der Waals surface area contributed by atoms with Crippen molar-refractivity contribution in [3.05, 3.63) is 23.7 Å². The first-order valence-corrected chi connectivity index (χ1v) is 9.41. The number of unbranched alkanes of at least 4 members (excludes halogenated alkanes) is 9. The molecule has 0 fully saturated rings. The minimum absolute atomic E-state index is 0.0399. The van der Waals surface area contributed by atoms with Crippen LogP contribution >= 0.6 is 0 Å². The lowest BCUT2D eigenvalue weighted by molar-refractivity contribution is 0.0282. The molecule has 23 heavy (non-hydrogen) atoms. The Bertz CT molecular complexity index is 422. The number of furan rings is 1. The summed E-state index contributed by atoms with van der Waals surface area (Å²) in [4.78, 5) is 11.8. The second kappa shape index (κ2) is 12.2. The van der Waals surface area contributed by atoms with E-state index in [0.717, 1.165) is 18.6 Å². The highest BCUT2D eigenvalue weighted by molar-refractivity contribution is 5.86. The molecule has 3 nitrogen and oxygen atoms in total. The van der Waals surface area contributed by atoms with Crippen LogP contribution in [0.1, 0.15) is 101 Å². The molecule has 0 amide bonds. The first kappa shape index (κ1) is 19.8. The standard InChI is InChI=1S/C20H34O3/c1-4-5-6-7-8-9-10-11-12-13-14-17(2)23-20(21)19-16-15-18(3)22-19/h15-17H,4-14H2,1-3H3. The van der Waals surface area contributed by atoms with Crippen molar-refractivity contribution < 1.29 is 13.9 Å². The quantitative estimate of drug-likeness (QED) is 0.310. The van der Waals surface area contributed by atoms with Crippen LogP contribution in [0, 0.1) is 6.92 Å². The molecule has 132 valence electrons. The van der Waals surface area contributed by atoms with Crippen molar-refractivity contribution in [3.8, 4) is 0 Å². The maximum atomic E-state index is 11.8. The van der Waals surface area contributed by atoms with Crippen molar-refractivity contribution in [1.29, 1.82) is 0 Å². The van der Waals surface area contributed by atoms with Gasteiger partial charge in [-0.15, -0.1) is 0 Å². The summed E-state index contributed by atoms with van der Waals surface area (Å²) in [6, 6.07) is 3.45. The Morgan fingerprint density at radius 3 is 2.09 bits per heavy atom. The van der Waals surface area contributed by atoms with E-state index < -0.39 is 0 Å². The third-order valence-electron chi connectivity index (χ3n) is 4.21. The number of ether oxygens (including phenoxy) is 1. The Kier molecular flexibility index (Phi) is 10.5. The predicted molar refractivity (Wildman–Crippen MR) is 94.8 cm³/mol. The maximum Gasteiger partial charge on any atom is 0.374 e. The Hall–Kier alpha value is -1.25. The average molecular weight is 322 g/mol. The summed E-state index contributed by atoms with van der Waals surface area (Å²) < 4.78 is 10.7. The fourth-order valence-electron chi connectivity index (χ4n) is 2.76.